The van der Waals surface area contributed by atoms with Crippen LogP contribution in [0.25, 0.3) is 0 Å². The van der Waals surface area contributed by atoms with Crippen LogP contribution in [0.5, 0.6) is 0 Å². The number of hydrogen-bond donors (Lipinski definition) is 0. The summed E-state index contributed by atoms with van der Waals surface area (Å²) < 4.78 is 8.62. The lowest BCUT2D eigenvalue weighted by Gasteiger charge is -2.44. The first kappa shape index (κ1) is 22.1. The fourth-order valence-electron chi connectivity index (χ4n) is 3.44. The van der Waals surface area contributed by atoms with Crippen molar-refractivity contribution in [3.8, 4) is 0 Å². The minimum atomic E-state index is -1.18. The minimum Gasteiger partial charge on any atom is -0.302 e. The molecule has 0 fully saturated rings. The first-order chi connectivity index (χ1) is 10.7. The van der Waals surface area contributed by atoms with Gasteiger partial charge in [-0.15, -0.1) is 0 Å². The second kappa shape index (κ2) is 14.7. The van der Waals surface area contributed by atoms with Gasteiger partial charge in [-0.05, 0) is 77.8 Å². The Morgan fingerprint density at radius 2 is 0.591 bits per heavy atom. The van der Waals surface area contributed by atoms with E-state index in [0.717, 1.165) is 0 Å². The smallest absolute Gasteiger partial charge is 0.272 e. The molecule has 0 aliphatic heterocycles. The molecule has 0 rings (SSSR count). The summed E-state index contributed by atoms with van der Waals surface area (Å²) >= 11 is 0. The molecule has 0 aliphatic rings. The first-order valence-electron chi connectivity index (χ1n) is 9.91. The van der Waals surface area contributed by atoms with E-state index < -0.39 is 9.28 Å². The molecule has 0 saturated heterocycles. The largest absolute Gasteiger partial charge is 0.302 e. The van der Waals surface area contributed by atoms with Gasteiger partial charge in [0.2, 0.25) is 0 Å². The van der Waals surface area contributed by atoms with E-state index in [1.807, 2.05) is 0 Å². The van der Waals surface area contributed by atoms with Gasteiger partial charge < -0.3 is 13.7 Å². The van der Waals surface area contributed by atoms with Gasteiger partial charge in [0.25, 0.3) is 9.28 Å². The molecule has 0 aromatic rings. The van der Waals surface area contributed by atoms with Gasteiger partial charge in [-0.2, -0.15) is 0 Å². The summed E-state index contributed by atoms with van der Waals surface area (Å²) in [5, 5.41) is 0. The first-order valence-corrected chi connectivity index (χ1v) is 11.5. The van der Waals surface area contributed by atoms with Crippen molar-refractivity contribution in [3.63, 3.8) is 0 Å². The van der Waals surface area contributed by atoms with Crippen LogP contribution >= 0.6 is 0 Å². The van der Waals surface area contributed by atoms with Gasteiger partial charge in [-0.25, -0.2) is 0 Å². The molecule has 0 aliphatic carbocycles. The standard InChI is InChI=1S/C18H43N3Si/c1-7-13-19(14-8-2)22(20(15-9-3)16-10-4)21(17-11-5)18-12-6/h22H,7-18H2,1-6H3. The van der Waals surface area contributed by atoms with Crippen molar-refractivity contribution in [2.45, 2.75) is 80.1 Å². The highest BCUT2D eigenvalue weighted by Crippen LogP contribution is 2.13. The van der Waals surface area contributed by atoms with Crippen LogP contribution in [0.4, 0.5) is 0 Å². The van der Waals surface area contributed by atoms with Crippen molar-refractivity contribution in [2.75, 3.05) is 39.3 Å². The summed E-state index contributed by atoms with van der Waals surface area (Å²) in [4.78, 5) is 0. The van der Waals surface area contributed by atoms with E-state index in [-0.39, 0.29) is 0 Å². The van der Waals surface area contributed by atoms with Gasteiger partial charge in [0, 0.05) is 0 Å². The van der Waals surface area contributed by atoms with E-state index in [0.29, 0.717) is 0 Å². The van der Waals surface area contributed by atoms with Crippen LogP contribution in [0.15, 0.2) is 0 Å². The molecule has 0 spiro atoms. The van der Waals surface area contributed by atoms with E-state index >= 15 is 0 Å². The van der Waals surface area contributed by atoms with Crippen molar-refractivity contribution in [1.29, 1.82) is 0 Å². The third-order valence-electron chi connectivity index (χ3n) is 4.04. The molecule has 0 aromatic heterocycles. The van der Waals surface area contributed by atoms with Crippen LogP contribution in [0.3, 0.4) is 0 Å². The Morgan fingerprint density at radius 1 is 0.409 bits per heavy atom. The second-order valence-corrected chi connectivity index (χ2v) is 9.34. The maximum absolute atomic E-state index is 2.87. The SMILES string of the molecule is CCCN(CCC)[SiH](N(CCC)CCC)N(CCC)CCC. The average molecular weight is 330 g/mol. The quantitative estimate of drug-likeness (QED) is 0.419. The van der Waals surface area contributed by atoms with Gasteiger partial charge in [-0.3, -0.25) is 0 Å². The van der Waals surface area contributed by atoms with Crippen molar-refractivity contribution in [2.24, 2.45) is 0 Å². The molecule has 0 amide bonds. The number of hydrogen-bond acceptors (Lipinski definition) is 3. The monoisotopic (exact) mass is 329 g/mol. The minimum absolute atomic E-state index is 1.18. The summed E-state index contributed by atoms with van der Waals surface area (Å²) in [6.07, 6.45) is 7.68. The Kier molecular flexibility index (Phi) is 14.7. The Labute approximate surface area is 142 Å². The summed E-state index contributed by atoms with van der Waals surface area (Å²) in [5.41, 5.74) is 0. The van der Waals surface area contributed by atoms with Crippen LogP contribution in [-0.4, -0.2) is 62.2 Å². The van der Waals surface area contributed by atoms with E-state index in [2.05, 4.69) is 55.2 Å². The molecule has 0 N–H and O–H groups in total. The molecule has 0 unspecified atom stereocenters. The van der Waals surface area contributed by atoms with E-state index in [1.165, 1.54) is 77.8 Å². The van der Waals surface area contributed by atoms with Gasteiger partial charge in [0.1, 0.15) is 0 Å². The molecule has 0 radical (unpaired) electrons. The topological polar surface area (TPSA) is 9.72 Å². The fourth-order valence-corrected chi connectivity index (χ4v) is 7.76. The third-order valence-corrected chi connectivity index (χ3v) is 7.55. The molecular weight excluding hydrogens is 286 g/mol. The highest BCUT2D eigenvalue weighted by Gasteiger charge is 2.31. The van der Waals surface area contributed by atoms with Gasteiger partial charge >= 0.3 is 0 Å². The van der Waals surface area contributed by atoms with Crippen molar-refractivity contribution in [3.05, 3.63) is 0 Å². The van der Waals surface area contributed by atoms with E-state index in [4.69, 9.17) is 0 Å². The Balaban J connectivity index is 5.34. The zero-order chi connectivity index (χ0) is 16.8. The summed E-state index contributed by atoms with van der Waals surface area (Å²) in [5.74, 6) is 0. The summed E-state index contributed by atoms with van der Waals surface area (Å²) in [6.45, 7) is 21.7. The second-order valence-electron chi connectivity index (χ2n) is 6.45. The van der Waals surface area contributed by atoms with Crippen LogP contribution in [0.2, 0.25) is 0 Å². The maximum atomic E-state index is 2.87. The molecule has 3 nitrogen and oxygen atoms in total. The van der Waals surface area contributed by atoms with Crippen LogP contribution in [0, 0.1) is 0 Å². The zero-order valence-electron chi connectivity index (χ0n) is 16.4. The lowest BCUT2D eigenvalue weighted by Crippen LogP contribution is -2.64. The Hall–Kier alpha value is 0.0969. The molecule has 22 heavy (non-hydrogen) atoms. The number of rotatable bonds is 15. The highest BCUT2D eigenvalue weighted by atomic mass is 28.3. The molecule has 4 heteroatoms. The maximum Gasteiger partial charge on any atom is 0.272 e. The molecule has 0 atom stereocenters. The van der Waals surface area contributed by atoms with Gasteiger partial charge in [0.15, 0.2) is 0 Å². The van der Waals surface area contributed by atoms with Crippen LogP contribution < -0.4 is 0 Å². The number of nitrogens with zero attached hydrogens (tertiary/aromatic N) is 3. The summed E-state index contributed by atoms with van der Waals surface area (Å²) in [7, 11) is -1.18. The zero-order valence-corrected chi connectivity index (χ0v) is 17.6. The lowest BCUT2D eigenvalue weighted by molar-refractivity contribution is 0.261. The molecule has 0 aromatic carbocycles. The van der Waals surface area contributed by atoms with E-state index in [9.17, 15) is 0 Å². The van der Waals surface area contributed by atoms with Crippen molar-refractivity contribution < 1.29 is 0 Å². The fraction of sp³-hybridized carbons (Fsp3) is 1.00. The van der Waals surface area contributed by atoms with Gasteiger partial charge in [0.05, 0.1) is 0 Å². The summed E-state index contributed by atoms with van der Waals surface area (Å²) in [6, 6.07) is 0. The van der Waals surface area contributed by atoms with Crippen molar-refractivity contribution in [1.82, 2.24) is 13.7 Å². The molecule has 0 saturated carbocycles. The molecule has 134 valence electrons. The third kappa shape index (κ3) is 8.09. The normalized spacial score (nSPS) is 12.3. The average Bonchev–Trinajstić information content (AvgIpc) is 2.49. The molecular formula is C18H43N3Si. The predicted octanol–water partition coefficient (Wildman–Crippen LogP) is 4.07. The Bertz CT molecular complexity index is 182. The van der Waals surface area contributed by atoms with Crippen LogP contribution in [0.1, 0.15) is 80.1 Å². The van der Waals surface area contributed by atoms with Gasteiger partial charge in [-0.1, -0.05) is 41.5 Å². The van der Waals surface area contributed by atoms with Crippen molar-refractivity contribution >= 4 is 9.28 Å². The van der Waals surface area contributed by atoms with Crippen LogP contribution in [-0.2, 0) is 0 Å². The molecule has 0 heterocycles. The van der Waals surface area contributed by atoms with E-state index in [1.54, 1.807) is 0 Å². The highest BCUT2D eigenvalue weighted by molar-refractivity contribution is 6.49. The molecule has 0 bridgehead atoms. The lowest BCUT2D eigenvalue weighted by atomic mass is 10.4. The predicted molar refractivity (Wildman–Crippen MR) is 104 cm³/mol. The Morgan fingerprint density at radius 3 is 0.727 bits per heavy atom.